The van der Waals surface area contributed by atoms with Gasteiger partial charge in [-0.25, -0.2) is 4.79 Å². The Morgan fingerprint density at radius 1 is 1.05 bits per heavy atom. The average molecular weight is 546 g/mol. The maximum absolute atomic E-state index is 14.0. The number of benzene rings is 1. The molecule has 0 aliphatic rings. The van der Waals surface area contributed by atoms with Crippen molar-refractivity contribution >= 4 is 30.5 Å². The largest absolute Gasteiger partial charge is 0.444 e. The number of thiol groups is 1. The van der Waals surface area contributed by atoms with Crippen molar-refractivity contribution in [1.29, 1.82) is 0 Å². The van der Waals surface area contributed by atoms with E-state index >= 15 is 0 Å². The van der Waals surface area contributed by atoms with Crippen LogP contribution in [0.15, 0.2) is 24.3 Å². The molecular weight excluding hydrogens is 498 g/mol. The minimum atomic E-state index is -0.981. The fraction of sp³-hybridized carbons (Fsp3) is 0.633. The maximum Gasteiger partial charge on any atom is 0.408 e. The summed E-state index contributed by atoms with van der Waals surface area (Å²) in [5.41, 5.74) is 0.395. The summed E-state index contributed by atoms with van der Waals surface area (Å²) in [6.45, 7) is 11.7. The molecule has 0 spiro atoms. The summed E-state index contributed by atoms with van der Waals surface area (Å²) in [5.74, 6) is 2.00. The van der Waals surface area contributed by atoms with E-state index in [0.29, 0.717) is 24.1 Å². The van der Waals surface area contributed by atoms with Crippen LogP contribution in [-0.4, -0.2) is 52.8 Å². The third kappa shape index (κ3) is 11.4. The molecule has 1 aromatic carbocycles. The first kappa shape index (κ1) is 33.4. The van der Waals surface area contributed by atoms with Crippen molar-refractivity contribution in [3.05, 3.63) is 35.4 Å². The Bertz CT molecular complexity index is 938. The second-order valence-electron chi connectivity index (χ2n) is 10.7. The van der Waals surface area contributed by atoms with Crippen molar-refractivity contribution in [2.24, 2.45) is 0 Å². The van der Waals surface area contributed by atoms with Crippen LogP contribution in [0.2, 0.25) is 0 Å². The molecule has 0 aromatic heterocycles. The van der Waals surface area contributed by atoms with Crippen LogP contribution in [0, 0.1) is 12.3 Å². The summed E-state index contributed by atoms with van der Waals surface area (Å²) < 4.78 is 5.37. The molecule has 8 heteroatoms. The van der Waals surface area contributed by atoms with E-state index < -0.39 is 29.7 Å². The van der Waals surface area contributed by atoms with Gasteiger partial charge in [0.2, 0.25) is 11.8 Å². The van der Waals surface area contributed by atoms with E-state index in [9.17, 15) is 14.4 Å². The lowest BCUT2D eigenvalue weighted by atomic mass is 9.96. The summed E-state index contributed by atoms with van der Waals surface area (Å²) in [5, 5.41) is 5.72. The van der Waals surface area contributed by atoms with Gasteiger partial charge < -0.3 is 20.3 Å². The second kappa shape index (κ2) is 17.0. The Morgan fingerprint density at radius 2 is 1.71 bits per heavy atom. The molecule has 3 unspecified atom stereocenters. The van der Waals surface area contributed by atoms with Gasteiger partial charge in [-0.05, 0) is 52.2 Å². The van der Waals surface area contributed by atoms with E-state index in [1.807, 2.05) is 19.1 Å². The van der Waals surface area contributed by atoms with Gasteiger partial charge in [-0.2, -0.15) is 12.6 Å². The zero-order valence-corrected chi connectivity index (χ0v) is 24.9. The second-order valence-corrected chi connectivity index (χ2v) is 11.0. The summed E-state index contributed by atoms with van der Waals surface area (Å²) in [6, 6.07) is 5.17. The van der Waals surface area contributed by atoms with Gasteiger partial charge in [-0.15, -0.1) is 6.42 Å². The Morgan fingerprint density at radius 3 is 2.29 bits per heavy atom. The molecule has 1 aromatic rings. The molecule has 0 saturated carbocycles. The Kier molecular flexibility index (Phi) is 15.0. The monoisotopic (exact) mass is 545 g/mol. The first-order chi connectivity index (χ1) is 18.0. The van der Waals surface area contributed by atoms with Gasteiger partial charge in [0.1, 0.15) is 17.7 Å². The van der Waals surface area contributed by atoms with Crippen LogP contribution in [0.25, 0.3) is 0 Å². The molecule has 0 saturated heterocycles. The van der Waals surface area contributed by atoms with Crippen molar-refractivity contribution in [3.63, 3.8) is 0 Å². The van der Waals surface area contributed by atoms with Gasteiger partial charge >= 0.3 is 6.09 Å². The number of carbonyl (C=O) groups is 3. The highest BCUT2D eigenvalue weighted by atomic mass is 32.1. The number of amides is 3. The molecule has 0 aliphatic carbocycles. The Labute approximate surface area is 235 Å². The van der Waals surface area contributed by atoms with Crippen LogP contribution in [0.5, 0.6) is 0 Å². The van der Waals surface area contributed by atoms with Crippen molar-refractivity contribution in [1.82, 2.24) is 15.5 Å². The molecule has 3 amide bonds. The first-order valence-electron chi connectivity index (χ1n) is 13.8. The Hall–Kier alpha value is -2.66. The van der Waals surface area contributed by atoms with Crippen LogP contribution >= 0.6 is 12.6 Å². The fourth-order valence-corrected chi connectivity index (χ4v) is 4.48. The van der Waals surface area contributed by atoms with Crippen LogP contribution in [0.4, 0.5) is 4.79 Å². The predicted octanol–water partition coefficient (Wildman–Crippen LogP) is 5.64. The lowest BCUT2D eigenvalue weighted by Gasteiger charge is -2.35. The lowest BCUT2D eigenvalue weighted by molar-refractivity contribution is -0.142. The number of unbranched alkanes of at least 4 members (excludes halogenated alkanes) is 4. The van der Waals surface area contributed by atoms with Gasteiger partial charge in [-0.1, -0.05) is 70.1 Å². The molecule has 0 aliphatic heterocycles. The summed E-state index contributed by atoms with van der Waals surface area (Å²) in [4.78, 5) is 41.9. The number of carbonyl (C=O) groups excluding carboxylic acids is 3. The Balaban J connectivity index is 3.47. The molecule has 7 nitrogen and oxygen atoms in total. The maximum atomic E-state index is 14.0. The number of hydrogen-bond acceptors (Lipinski definition) is 5. The highest BCUT2D eigenvalue weighted by molar-refractivity contribution is 7.80. The van der Waals surface area contributed by atoms with E-state index in [2.05, 4.69) is 43.0 Å². The average Bonchev–Trinajstić information content (AvgIpc) is 2.85. The normalized spacial score (nSPS) is 13.5. The molecule has 1 rings (SSSR count). The zero-order valence-electron chi connectivity index (χ0n) is 24.0. The molecule has 3 atom stereocenters. The summed E-state index contributed by atoms with van der Waals surface area (Å²) in [6.07, 6.45) is 11.7. The smallest absolute Gasteiger partial charge is 0.408 e. The molecule has 0 fully saturated rings. The first-order valence-corrected chi connectivity index (χ1v) is 14.4. The third-order valence-electron chi connectivity index (χ3n) is 6.04. The van der Waals surface area contributed by atoms with E-state index in [1.54, 1.807) is 37.8 Å². The number of nitrogens with one attached hydrogen (secondary N) is 2. The molecule has 2 N–H and O–H groups in total. The number of alkyl carbamates (subject to hydrolysis) is 1. The highest BCUT2D eigenvalue weighted by Crippen LogP contribution is 2.27. The van der Waals surface area contributed by atoms with Crippen molar-refractivity contribution in [2.75, 3.05) is 12.3 Å². The molecule has 0 heterocycles. The van der Waals surface area contributed by atoms with Crippen molar-refractivity contribution < 1.29 is 19.1 Å². The van der Waals surface area contributed by atoms with Gasteiger partial charge in [0, 0.05) is 23.9 Å². The molecule has 38 heavy (non-hydrogen) atoms. The van der Waals surface area contributed by atoms with Crippen molar-refractivity contribution in [2.45, 2.75) is 110 Å². The third-order valence-corrected chi connectivity index (χ3v) is 6.40. The number of nitrogens with zero attached hydrogens (tertiary/aromatic N) is 1. The van der Waals surface area contributed by atoms with E-state index in [4.69, 9.17) is 11.2 Å². The van der Waals surface area contributed by atoms with Gasteiger partial charge in [-0.3, -0.25) is 9.59 Å². The van der Waals surface area contributed by atoms with Crippen LogP contribution < -0.4 is 10.6 Å². The zero-order chi connectivity index (χ0) is 28.7. The molecule has 212 valence electrons. The van der Waals surface area contributed by atoms with Gasteiger partial charge in [0.05, 0.1) is 0 Å². The standard InChI is InChI=1S/C30H47N3O4S/c1-8-11-12-13-16-20-33(28(35)25(21-38)32-29(36)37-30(5,6)7)26(27(34)31-22(4)17-9-2)24-19-15-14-18-23(24)10-3/h3,14-15,18-19,22,25-26,38H,8-9,11-13,16-17,20-21H2,1-2,4-7H3,(H,31,34)(H,32,36). The minimum absolute atomic E-state index is 0.0434. The van der Waals surface area contributed by atoms with E-state index in [1.165, 1.54) is 0 Å². The molecule has 0 radical (unpaired) electrons. The number of terminal acetylenes is 1. The lowest BCUT2D eigenvalue weighted by Crippen LogP contribution is -2.54. The van der Waals surface area contributed by atoms with Crippen LogP contribution in [-0.2, 0) is 14.3 Å². The number of rotatable bonds is 15. The van der Waals surface area contributed by atoms with Crippen LogP contribution in [0.3, 0.4) is 0 Å². The van der Waals surface area contributed by atoms with Gasteiger partial charge in [0.25, 0.3) is 0 Å². The fourth-order valence-electron chi connectivity index (χ4n) is 4.23. The van der Waals surface area contributed by atoms with Gasteiger partial charge in [0.15, 0.2) is 0 Å². The molecule has 0 bridgehead atoms. The quantitative estimate of drug-likeness (QED) is 0.151. The van der Waals surface area contributed by atoms with E-state index in [0.717, 1.165) is 38.5 Å². The van der Waals surface area contributed by atoms with E-state index in [-0.39, 0.29) is 17.7 Å². The number of ether oxygens (including phenoxy) is 1. The summed E-state index contributed by atoms with van der Waals surface area (Å²) in [7, 11) is 0. The SMILES string of the molecule is C#Cc1ccccc1C(C(=O)NC(C)CCC)N(CCCCCCC)C(=O)C(CS)NC(=O)OC(C)(C)C. The highest BCUT2D eigenvalue weighted by Gasteiger charge is 2.36. The van der Waals surface area contributed by atoms with Crippen LogP contribution in [0.1, 0.15) is 104 Å². The van der Waals surface area contributed by atoms with Crippen molar-refractivity contribution in [3.8, 4) is 12.3 Å². The summed E-state index contributed by atoms with van der Waals surface area (Å²) >= 11 is 4.35. The minimum Gasteiger partial charge on any atom is -0.444 e. The molecular formula is C30H47N3O4S. The number of hydrogen-bond donors (Lipinski definition) is 3. The topological polar surface area (TPSA) is 87.7 Å². The predicted molar refractivity (Wildman–Crippen MR) is 157 cm³/mol.